The molecule has 0 saturated heterocycles. The van der Waals surface area contributed by atoms with Crippen LogP contribution in [0.4, 0.5) is 5.69 Å². The van der Waals surface area contributed by atoms with Crippen LogP contribution in [0.2, 0.25) is 0 Å². The number of hydrogen-bond acceptors (Lipinski definition) is 4. The topological polar surface area (TPSA) is 92.4 Å². The van der Waals surface area contributed by atoms with Crippen molar-refractivity contribution in [3.63, 3.8) is 0 Å². The number of carbonyl (C=O) groups is 2. The lowest BCUT2D eigenvalue weighted by atomic mass is 10.2. The zero-order valence-electron chi connectivity index (χ0n) is 8.88. The molecule has 2 rings (SSSR count). The molecule has 0 bridgehead atoms. The van der Waals surface area contributed by atoms with E-state index < -0.39 is 11.9 Å². The highest BCUT2D eigenvalue weighted by atomic mass is 79.9. The fourth-order valence-electron chi connectivity index (χ4n) is 1.27. The number of aromatic carboxylic acids is 1. The maximum Gasteiger partial charge on any atom is 0.335 e. The van der Waals surface area contributed by atoms with Crippen molar-refractivity contribution in [3.05, 3.63) is 46.3 Å². The molecule has 18 heavy (non-hydrogen) atoms. The summed E-state index contributed by atoms with van der Waals surface area (Å²) in [6.45, 7) is 0. The molecule has 0 aliphatic carbocycles. The van der Waals surface area contributed by atoms with Gasteiger partial charge in [-0.3, -0.25) is 4.79 Å². The number of carbonyl (C=O) groups excluding carboxylic acids is 1. The minimum absolute atomic E-state index is 0.126. The van der Waals surface area contributed by atoms with Gasteiger partial charge in [-0.05, 0) is 34.1 Å². The summed E-state index contributed by atoms with van der Waals surface area (Å²) in [5.41, 5.74) is 0.721. The van der Waals surface area contributed by atoms with Gasteiger partial charge in [0.25, 0.3) is 5.91 Å². The second-order valence-corrected chi connectivity index (χ2v) is 4.19. The van der Waals surface area contributed by atoms with E-state index in [9.17, 15) is 9.59 Å². The lowest BCUT2D eigenvalue weighted by Gasteiger charge is -2.06. The first kappa shape index (κ1) is 12.3. The summed E-state index contributed by atoms with van der Waals surface area (Å²) in [5.74, 6) is -1.47. The molecule has 92 valence electrons. The van der Waals surface area contributed by atoms with Crippen LogP contribution in [0, 0.1) is 0 Å². The van der Waals surface area contributed by atoms with Gasteiger partial charge in [0.15, 0.2) is 5.69 Å². The van der Waals surface area contributed by atoms with Crippen LogP contribution >= 0.6 is 15.9 Å². The summed E-state index contributed by atoms with van der Waals surface area (Å²) < 4.78 is 5.03. The number of nitrogens with one attached hydrogen (secondary N) is 1. The number of amides is 1. The average molecular weight is 311 g/mol. The Morgan fingerprint density at radius 1 is 1.33 bits per heavy atom. The fraction of sp³-hybridized carbons (Fsp3) is 0. The van der Waals surface area contributed by atoms with Crippen molar-refractivity contribution in [2.45, 2.75) is 0 Å². The molecule has 0 atom stereocenters. The SMILES string of the molecule is O=C(O)c1ccc(NC(=O)c2ccon2)c(Br)c1. The van der Waals surface area contributed by atoms with Crippen LogP contribution in [0.3, 0.4) is 0 Å². The Hall–Kier alpha value is -2.15. The third kappa shape index (κ3) is 2.57. The van der Waals surface area contributed by atoms with Crippen LogP contribution in [0.15, 0.2) is 39.5 Å². The minimum atomic E-state index is -1.04. The number of carboxylic acid groups (broad SMARTS) is 1. The van der Waals surface area contributed by atoms with Gasteiger partial charge in [0.2, 0.25) is 0 Å². The van der Waals surface area contributed by atoms with E-state index in [1.165, 1.54) is 30.5 Å². The van der Waals surface area contributed by atoms with Crippen LogP contribution in [0.1, 0.15) is 20.8 Å². The Labute approximate surface area is 110 Å². The Bertz CT molecular complexity index is 595. The van der Waals surface area contributed by atoms with E-state index in [4.69, 9.17) is 5.11 Å². The van der Waals surface area contributed by atoms with Gasteiger partial charge in [-0.15, -0.1) is 0 Å². The van der Waals surface area contributed by atoms with Gasteiger partial charge in [0.05, 0.1) is 11.3 Å². The summed E-state index contributed by atoms with van der Waals surface area (Å²) in [7, 11) is 0. The summed E-state index contributed by atoms with van der Waals surface area (Å²) in [5, 5.41) is 14.9. The highest BCUT2D eigenvalue weighted by Gasteiger charge is 2.12. The second-order valence-electron chi connectivity index (χ2n) is 3.34. The number of carboxylic acids is 1. The molecule has 6 nitrogen and oxygen atoms in total. The van der Waals surface area contributed by atoms with Crippen molar-refractivity contribution in [2.75, 3.05) is 5.32 Å². The zero-order valence-corrected chi connectivity index (χ0v) is 10.5. The van der Waals surface area contributed by atoms with E-state index in [0.717, 1.165) is 0 Å². The van der Waals surface area contributed by atoms with Crippen LogP contribution in [-0.2, 0) is 0 Å². The van der Waals surface area contributed by atoms with Crippen molar-refractivity contribution in [3.8, 4) is 0 Å². The molecule has 7 heteroatoms. The third-order valence-electron chi connectivity index (χ3n) is 2.13. The van der Waals surface area contributed by atoms with E-state index in [-0.39, 0.29) is 11.3 Å². The maximum absolute atomic E-state index is 11.7. The fourth-order valence-corrected chi connectivity index (χ4v) is 1.74. The molecule has 2 N–H and O–H groups in total. The first-order valence-corrected chi connectivity index (χ1v) is 5.62. The van der Waals surface area contributed by atoms with Gasteiger partial charge in [0.1, 0.15) is 6.26 Å². The third-order valence-corrected chi connectivity index (χ3v) is 2.79. The van der Waals surface area contributed by atoms with E-state index in [0.29, 0.717) is 10.2 Å². The van der Waals surface area contributed by atoms with Gasteiger partial charge in [-0.1, -0.05) is 5.16 Å². The molecule has 2 aromatic rings. The Morgan fingerprint density at radius 2 is 2.11 bits per heavy atom. The van der Waals surface area contributed by atoms with E-state index >= 15 is 0 Å². The molecule has 0 aliphatic rings. The first-order chi connectivity index (χ1) is 8.58. The normalized spacial score (nSPS) is 10.1. The Kier molecular flexibility index (Phi) is 3.42. The van der Waals surface area contributed by atoms with Gasteiger partial charge < -0.3 is 14.9 Å². The lowest BCUT2D eigenvalue weighted by molar-refractivity contribution is 0.0696. The number of aromatic nitrogens is 1. The molecule has 1 aromatic carbocycles. The van der Waals surface area contributed by atoms with Gasteiger partial charge in [-0.2, -0.15) is 0 Å². The molecular formula is C11H7BrN2O4. The number of rotatable bonds is 3. The Morgan fingerprint density at radius 3 is 2.67 bits per heavy atom. The molecule has 0 spiro atoms. The van der Waals surface area contributed by atoms with Crippen LogP contribution < -0.4 is 5.32 Å². The first-order valence-electron chi connectivity index (χ1n) is 4.82. The van der Waals surface area contributed by atoms with E-state index in [1.54, 1.807) is 0 Å². The Balaban J connectivity index is 2.20. The van der Waals surface area contributed by atoms with Crippen molar-refractivity contribution >= 4 is 33.5 Å². The lowest BCUT2D eigenvalue weighted by Crippen LogP contribution is -2.12. The van der Waals surface area contributed by atoms with Gasteiger partial charge in [-0.25, -0.2) is 4.79 Å². The minimum Gasteiger partial charge on any atom is -0.478 e. The summed E-state index contributed by atoms with van der Waals surface area (Å²) in [6.07, 6.45) is 1.29. The van der Waals surface area contributed by atoms with Crippen molar-refractivity contribution in [2.24, 2.45) is 0 Å². The van der Waals surface area contributed by atoms with Crippen LogP contribution in [0.25, 0.3) is 0 Å². The quantitative estimate of drug-likeness (QED) is 0.908. The summed E-state index contributed by atoms with van der Waals surface area (Å²) >= 11 is 3.19. The molecule has 1 amide bonds. The molecule has 0 radical (unpaired) electrons. The van der Waals surface area contributed by atoms with Gasteiger partial charge >= 0.3 is 5.97 Å². The van der Waals surface area contributed by atoms with Gasteiger partial charge in [0, 0.05) is 10.5 Å². The predicted octanol–water partition coefficient (Wildman–Crippen LogP) is 2.39. The number of benzene rings is 1. The standard InChI is InChI=1S/C11H7BrN2O4/c12-7-5-6(11(16)17)1-2-8(7)13-10(15)9-3-4-18-14-9/h1-5H,(H,13,15)(H,16,17). The predicted molar refractivity (Wildman–Crippen MR) is 65.6 cm³/mol. The van der Waals surface area contributed by atoms with E-state index in [1.807, 2.05) is 0 Å². The highest BCUT2D eigenvalue weighted by molar-refractivity contribution is 9.10. The second kappa shape index (κ2) is 5.01. The maximum atomic E-state index is 11.7. The molecule has 0 saturated carbocycles. The molecule has 0 fully saturated rings. The molecule has 0 unspecified atom stereocenters. The molecule has 1 heterocycles. The largest absolute Gasteiger partial charge is 0.478 e. The number of anilines is 1. The average Bonchev–Trinajstić information content (AvgIpc) is 2.85. The van der Waals surface area contributed by atoms with Crippen LogP contribution in [-0.4, -0.2) is 22.1 Å². The number of halogens is 1. The zero-order chi connectivity index (χ0) is 13.1. The van der Waals surface area contributed by atoms with Crippen LogP contribution in [0.5, 0.6) is 0 Å². The molecular weight excluding hydrogens is 304 g/mol. The smallest absolute Gasteiger partial charge is 0.335 e. The van der Waals surface area contributed by atoms with Crippen molar-refractivity contribution < 1.29 is 19.2 Å². The number of hydrogen-bond donors (Lipinski definition) is 2. The number of nitrogens with zero attached hydrogens (tertiary/aromatic N) is 1. The monoisotopic (exact) mass is 310 g/mol. The van der Waals surface area contributed by atoms with Crippen molar-refractivity contribution in [1.82, 2.24) is 5.16 Å². The summed E-state index contributed by atoms with van der Waals surface area (Å²) in [4.78, 5) is 22.4. The molecule has 1 aromatic heterocycles. The van der Waals surface area contributed by atoms with Crippen molar-refractivity contribution in [1.29, 1.82) is 0 Å². The highest BCUT2D eigenvalue weighted by Crippen LogP contribution is 2.24. The van der Waals surface area contributed by atoms with E-state index in [2.05, 4.69) is 30.9 Å². The molecule has 0 aliphatic heterocycles. The summed E-state index contributed by atoms with van der Waals surface area (Å²) in [6, 6.07) is 5.71.